The van der Waals surface area contributed by atoms with Crippen LogP contribution < -0.4 is 4.90 Å². The molecule has 21 heavy (non-hydrogen) atoms. The number of anilines is 3. The summed E-state index contributed by atoms with van der Waals surface area (Å²) >= 11 is 6.17. The van der Waals surface area contributed by atoms with Crippen molar-refractivity contribution in [3.05, 3.63) is 89.4 Å². The Morgan fingerprint density at radius 1 is 0.667 bits per heavy atom. The largest absolute Gasteiger partial charge is 0.310 e. The molecular weight excluding hydrogens is 278 g/mol. The van der Waals surface area contributed by atoms with Gasteiger partial charge in [-0.1, -0.05) is 48.0 Å². The van der Waals surface area contributed by atoms with Gasteiger partial charge in [0, 0.05) is 22.1 Å². The summed E-state index contributed by atoms with van der Waals surface area (Å²) in [6, 6.07) is 26.7. The number of benzene rings is 3. The van der Waals surface area contributed by atoms with E-state index in [-0.39, 0.29) is 0 Å². The lowest BCUT2D eigenvalue weighted by Gasteiger charge is -2.25. The van der Waals surface area contributed by atoms with Crippen LogP contribution in [0.1, 0.15) is 5.56 Å². The fourth-order valence-corrected chi connectivity index (χ4v) is 2.59. The third-order valence-electron chi connectivity index (χ3n) is 3.34. The van der Waals surface area contributed by atoms with Crippen molar-refractivity contribution in [1.29, 1.82) is 0 Å². The molecular formula is C19H16ClN. The maximum atomic E-state index is 6.17. The molecule has 3 aromatic carbocycles. The third kappa shape index (κ3) is 3.09. The fourth-order valence-electron chi connectivity index (χ4n) is 2.41. The molecule has 0 aromatic heterocycles. The highest BCUT2D eigenvalue weighted by atomic mass is 35.5. The molecule has 0 radical (unpaired) electrons. The number of rotatable bonds is 3. The maximum Gasteiger partial charge on any atom is 0.0476 e. The normalized spacial score (nSPS) is 10.4. The lowest BCUT2D eigenvalue weighted by Crippen LogP contribution is -2.09. The molecule has 0 atom stereocenters. The van der Waals surface area contributed by atoms with E-state index in [2.05, 4.69) is 54.3 Å². The summed E-state index contributed by atoms with van der Waals surface area (Å²) in [5, 5.41) is 0.737. The fraction of sp³-hybridized carbons (Fsp3) is 0.0526. The van der Waals surface area contributed by atoms with Crippen LogP contribution in [0.4, 0.5) is 17.1 Å². The molecule has 0 bridgehead atoms. The molecule has 0 aliphatic carbocycles. The molecule has 0 amide bonds. The van der Waals surface area contributed by atoms with Crippen LogP contribution in [-0.4, -0.2) is 0 Å². The van der Waals surface area contributed by atoms with Gasteiger partial charge in [0.2, 0.25) is 0 Å². The predicted octanol–water partition coefficient (Wildman–Crippen LogP) is 6.12. The standard InChI is InChI=1S/C19H16ClN/c1-15-7-5-11-18(13-15)21(17-9-3-2-4-10-17)19-12-6-8-16(20)14-19/h2-14H,1H3. The minimum atomic E-state index is 0.737. The summed E-state index contributed by atoms with van der Waals surface area (Å²) in [5.74, 6) is 0. The molecule has 0 saturated heterocycles. The van der Waals surface area contributed by atoms with Crippen LogP contribution in [0.25, 0.3) is 0 Å². The summed E-state index contributed by atoms with van der Waals surface area (Å²) in [4.78, 5) is 2.21. The van der Waals surface area contributed by atoms with Gasteiger partial charge in [0.15, 0.2) is 0 Å². The number of aryl methyl sites for hydroxylation is 1. The highest BCUT2D eigenvalue weighted by molar-refractivity contribution is 6.30. The number of para-hydroxylation sites is 1. The lowest BCUT2D eigenvalue weighted by molar-refractivity contribution is 1.27. The van der Waals surface area contributed by atoms with Crippen molar-refractivity contribution in [2.45, 2.75) is 6.92 Å². The number of halogens is 1. The van der Waals surface area contributed by atoms with Crippen molar-refractivity contribution in [2.24, 2.45) is 0 Å². The van der Waals surface area contributed by atoms with Crippen LogP contribution in [-0.2, 0) is 0 Å². The Bertz CT molecular complexity index is 692. The van der Waals surface area contributed by atoms with Gasteiger partial charge in [-0.25, -0.2) is 0 Å². The Balaban J connectivity index is 2.16. The van der Waals surface area contributed by atoms with Gasteiger partial charge in [0.05, 0.1) is 0 Å². The maximum absolute atomic E-state index is 6.17. The highest BCUT2D eigenvalue weighted by Gasteiger charge is 2.12. The Morgan fingerprint density at radius 2 is 1.29 bits per heavy atom. The van der Waals surface area contributed by atoms with Crippen molar-refractivity contribution < 1.29 is 0 Å². The molecule has 0 saturated carbocycles. The molecule has 0 aliphatic heterocycles. The van der Waals surface area contributed by atoms with E-state index in [1.54, 1.807) is 0 Å². The van der Waals surface area contributed by atoms with Crippen LogP contribution in [0, 0.1) is 6.92 Å². The summed E-state index contributed by atoms with van der Waals surface area (Å²) in [6.45, 7) is 2.10. The first-order valence-electron chi connectivity index (χ1n) is 6.91. The Hall–Kier alpha value is -2.25. The zero-order valence-electron chi connectivity index (χ0n) is 11.8. The average molecular weight is 294 g/mol. The Kier molecular flexibility index (Phi) is 3.94. The SMILES string of the molecule is Cc1cccc(N(c2ccccc2)c2cccc(Cl)c2)c1. The topological polar surface area (TPSA) is 3.24 Å². The van der Waals surface area contributed by atoms with Crippen LogP contribution in [0.5, 0.6) is 0 Å². The van der Waals surface area contributed by atoms with E-state index >= 15 is 0 Å². The summed E-state index contributed by atoms with van der Waals surface area (Å²) in [5.41, 5.74) is 4.53. The van der Waals surface area contributed by atoms with Gasteiger partial charge < -0.3 is 4.90 Å². The lowest BCUT2D eigenvalue weighted by atomic mass is 10.1. The van der Waals surface area contributed by atoms with E-state index in [0.29, 0.717) is 0 Å². The molecule has 3 aromatic rings. The zero-order valence-corrected chi connectivity index (χ0v) is 12.6. The first-order valence-corrected chi connectivity index (χ1v) is 7.29. The minimum absolute atomic E-state index is 0.737. The van der Waals surface area contributed by atoms with Gasteiger partial charge in [0.1, 0.15) is 0 Å². The molecule has 1 nitrogen and oxygen atoms in total. The van der Waals surface area contributed by atoms with Crippen molar-refractivity contribution in [2.75, 3.05) is 4.90 Å². The second-order valence-electron chi connectivity index (χ2n) is 4.99. The zero-order chi connectivity index (χ0) is 14.7. The first-order chi connectivity index (χ1) is 10.2. The smallest absolute Gasteiger partial charge is 0.0476 e. The molecule has 3 rings (SSSR count). The van der Waals surface area contributed by atoms with Crippen LogP contribution >= 0.6 is 11.6 Å². The van der Waals surface area contributed by atoms with E-state index < -0.39 is 0 Å². The van der Waals surface area contributed by atoms with Gasteiger partial charge in [-0.05, 0) is 55.0 Å². The van der Waals surface area contributed by atoms with Crippen LogP contribution in [0.15, 0.2) is 78.9 Å². The molecule has 2 heteroatoms. The highest BCUT2D eigenvalue weighted by Crippen LogP contribution is 2.35. The molecule has 0 fully saturated rings. The number of hydrogen-bond donors (Lipinski definition) is 0. The van der Waals surface area contributed by atoms with E-state index in [0.717, 1.165) is 22.1 Å². The molecule has 0 unspecified atom stereocenters. The molecule has 0 heterocycles. The van der Waals surface area contributed by atoms with Crippen molar-refractivity contribution in [3.63, 3.8) is 0 Å². The van der Waals surface area contributed by atoms with E-state index in [1.807, 2.05) is 36.4 Å². The second-order valence-corrected chi connectivity index (χ2v) is 5.43. The van der Waals surface area contributed by atoms with E-state index in [4.69, 9.17) is 11.6 Å². The molecule has 0 aliphatic rings. The van der Waals surface area contributed by atoms with Crippen LogP contribution in [0.2, 0.25) is 5.02 Å². The van der Waals surface area contributed by atoms with Crippen molar-refractivity contribution in [1.82, 2.24) is 0 Å². The minimum Gasteiger partial charge on any atom is -0.310 e. The average Bonchev–Trinajstić information content (AvgIpc) is 2.49. The summed E-state index contributed by atoms with van der Waals surface area (Å²) in [7, 11) is 0. The summed E-state index contributed by atoms with van der Waals surface area (Å²) < 4.78 is 0. The van der Waals surface area contributed by atoms with Gasteiger partial charge in [-0.15, -0.1) is 0 Å². The predicted molar refractivity (Wildman–Crippen MR) is 90.9 cm³/mol. The van der Waals surface area contributed by atoms with Crippen molar-refractivity contribution >= 4 is 28.7 Å². The Morgan fingerprint density at radius 3 is 1.95 bits per heavy atom. The number of nitrogens with zero attached hydrogens (tertiary/aromatic N) is 1. The second kappa shape index (κ2) is 6.02. The Labute approximate surface area is 130 Å². The van der Waals surface area contributed by atoms with Crippen molar-refractivity contribution in [3.8, 4) is 0 Å². The monoisotopic (exact) mass is 293 g/mol. The van der Waals surface area contributed by atoms with Crippen LogP contribution in [0.3, 0.4) is 0 Å². The molecule has 0 spiro atoms. The molecule has 104 valence electrons. The van der Waals surface area contributed by atoms with Gasteiger partial charge in [-0.3, -0.25) is 0 Å². The number of hydrogen-bond acceptors (Lipinski definition) is 1. The van der Waals surface area contributed by atoms with Gasteiger partial charge in [-0.2, -0.15) is 0 Å². The van der Waals surface area contributed by atoms with E-state index in [9.17, 15) is 0 Å². The first kappa shape index (κ1) is 13.7. The van der Waals surface area contributed by atoms with Gasteiger partial charge in [0.25, 0.3) is 0 Å². The third-order valence-corrected chi connectivity index (χ3v) is 3.58. The van der Waals surface area contributed by atoms with Gasteiger partial charge >= 0.3 is 0 Å². The van der Waals surface area contributed by atoms with E-state index in [1.165, 1.54) is 5.56 Å². The summed E-state index contributed by atoms with van der Waals surface area (Å²) in [6.07, 6.45) is 0. The quantitative estimate of drug-likeness (QED) is 0.562. The molecule has 0 N–H and O–H groups in total.